The number of ketones is 3. The molecule has 13 heteroatoms. The van der Waals surface area contributed by atoms with E-state index < -0.39 is 11.7 Å². The van der Waals surface area contributed by atoms with Crippen LogP contribution in [0, 0.1) is 0 Å². The molecule has 0 atom stereocenters. The van der Waals surface area contributed by atoms with Crippen molar-refractivity contribution in [3.63, 3.8) is 0 Å². The first-order valence-corrected chi connectivity index (χ1v) is 18.4. The fraction of sp³-hybridized carbons (Fsp3) is 0.368. The number of nitrogens with zero attached hydrogens (tertiary/aromatic N) is 4. The van der Waals surface area contributed by atoms with Gasteiger partial charge < -0.3 is 25.8 Å². The van der Waals surface area contributed by atoms with Crippen LogP contribution in [0.25, 0.3) is 21.8 Å². The summed E-state index contributed by atoms with van der Waals surface area (Å²) in [6.07, 6.45) is 4.25. The van der Waals surface area contributed by atoms with Gasteiger partial charge in [-0.05, 0) is 116 Å². The van der Waals surface area contributed by atoms with E-state index in [1.54, 1.807) is 18.2 Å². The molecule has 3 N–H and O–H groups in total. The highest BCUT2D eigenvalue weighted by molar-refractivity contribution is 9.10. The highest BCUT2D eigenvalue weighted by Gasteiger charge is 2.32. The summed E-state index contributed by atoms with van der Waals surface area (Å²) in [7, 11) is 8.21. The number of hydrogen-bond donors (Lipinski definition) is 2. The maximum Gasteiger partial charge on any atom is 0.296 e. The predicted molar refractivity (Wildman–Crippen MR) is 210 cm³/mol. The number of carbonyl (C=O) groups is 5. The van der Waals surface area contributed by atoms with Crippen LogP contribution in [-0.4, -0.2) is 98.3 Å². The number of nitrogens with one attached hydrogen (secondary N) is 1. The molecule has 1 aromatic heterocycles. The van der Waals surface area contributed by atoms with Crippen molar-refractivity contribution < 1.29 is 24.0 Å². The highest BCUT2D eigenvalue weighted by Crippen LogP contribution is 2.40. The zero-order valence-electron chi connectivity index (χ0n) is 29.4. The van der Waals surface area contributed by atoms with Crippen molar-refractivity contribution in [2.75, 3.05) is 64.6 Å². The number of halogens is 2. The second-order valence-electron chi connectivity index (χ2n) is 13.0. The maximum atomic E-state index is 13.1. The van der Waals surface area contributed by atoms with E-state index in [-0.39, 0.29) is 23.9 Å². The van der Waals surface area contributed by atoms with Crippen LogP contribution in [0.5, 0.6) is 0 Å². The van der Waals surface area contributed by atoms with Gasteiger partial charge in [0.2, 0.25) is 0 Å². The van der Waals surface area contributed by atoms with Crippen molar-refractivity contribution >= 4 is 94.2 Å². The molecule has 0 spiro atoms. The molecule has 0 radical (unpaired) electrons. The largest absolute Gasteiger partial charge is 0.330 e. The van der Waals surface area contributed by atoms with Crippen LogP contribution in [0.3, 0.4) is 0 Å². The van der Waals surface area contributed by atoms with Gasteiger partial charge in [-0.15, -0.1) is 0 Å². The summed E-state index contributed by atoms with van der Waals surface area (Å²) >= 11 is 6.73. The van der Waals surface area contributed by atoms with Crippen LogP contribution in [0.15, 0.2) is 63.5 Å². The van der Waals surface area contributed by atoms with Crippen molar-refractivity contribution in [3.05, 3.63) is 74.7 Å². The second-order valence-corrected chi connectivity index (χ2v) is 14.8. The Bertz CT molecular complexity index is 1930. The molecule has 2 amide bonds. The first-order valence-electron chi connectivity index (χ1n) is 16.8. The molecular weight excluding hydrogens is 780 g/mol. The van der Waals surface area contributed by atoms with Crippen LogP contribution in [0.1, 0.15) is 59.2 Å². The molecule has 3 aliphatic rings. The quantitative estimate of drug-likeness (QED) is 0.126. The molecular formula is C38H44Br2N6O5. The number of Topliss-reactive ketones (excluding diaryl/α,β-unsaturated/α-hetero) is 3. The van der Waals surface area contributed by atoms with E-state index in [2.05, 4.69) is 75.2 Å². The molecule has 4 aromatic rings. The minimum atomic E-state index is -0.553. The van der Waals surface area contributed by atoms with Crippen LogP contribution in [-0.2, 0) is 14.4 Å². The number of nitrogens with two attached hydrogens (primary N) is 1. The molecule has 0 saturated heterocycles. The van der Waals surface area contributed by atoms with E-state index in [9.17, 15) is 24.0 Å². The van der Waals surface area contributed by atoms with Gasteiger partial charge in [-0.3, -0.25) is 24.0 Å². The van der Waals surface area contributed by atoms with Crippen molar-refractivity contribution in [3.8, 4) is 0 Å². The van der Waals surface area contributed by atoms with Crippen LogP contribution >= 0.6 is 31.9 Å². The number of benzene rings is 3. The average molecular weight is 825 g/mol. The molecule has 3 aromatic carbocycles. The first kappa shape index (κ1) is 39.9. The van der Waals surface area contributed by atoms with Gasteiger partial charge >= 0.3 is 0 Å². The SMILES string of the molecule is CN(C)CCCN.CN(C)CCCN1C(=O)c2c3cc(Br)ccc3nc3cccc1c23.O=C1CCCC(=O)C1.O=C1Nc2ccc(Br)cc2C1=O. The van der Waals surface area contributed by atoms with Gasteiger partial charge in [0.15, 0.2) is 0 Å². The molecule has 51 heavy (non-hydrogen) atoms. The van der Waals surface area contributed by atoms with Crippen molar-refractivity contribution in [2.24, 2.45) is 5.73 Å². The molecule has 7 rings (SSSR count). The average Bonchev–Trinajstić information content (AvgIpc) is 3.53. The summed E-state index contributed by atoms with van der Waals surface area (Å²) in [6, 6.07) is 17.0. The summed E-state index contributed by atoms with van der Waals surface area (Å²) in [5.74, 6) is -0.706. The van der Waals surface area contributed by atoms with E-state index in [0.717, 1.165) is 87.4 Å². The van der Waals surface area contributed by atoms with Crippen molar-refractivity contribution in [1.82, 2.24) is 14.8 Å². The normalized spacial score (nSPS) is 14.6. The molecule has 0 unspecified atom stereocenters. The first-order chi connectivity index (χ1) is 24.3. The molecule has 0 bridgehead atoms. The van der Waals surface area contributed by atoms with Crippen molar-refractivity contribution in [2.45, 2.75) is 38.5 Å². The van der Waals surface area contributed by atoms with Gasteiger partial charge in [0.1, 0.15) is 11.6 Å². The molecule has 11 nitrogen and oxygen atoms in total. The Morgan fingerprint density at radius 3 is 2.08 bits per heavy atom. The lowest BCUT2D eigenvalue weighted by Gasteiger charge is -2.19. The van der Waals surface area contributed by atoms with Crippen LogP contribution in [0.4, 0.5) is 11.4 Å². The van der Waals surface area contributed by atoms with Gasteiger partial charge in [0, 0.05) is 39.1 Å². The third-order valence-electron chi connectivity index (χ3n) is 8.27. The number of pyridine rings is 1. The number of aromatic nitrogens is 1. The number of hydrogen-bond acceptors (Lipinski definition) is 9. The smallest absolute Gasteiger partial charge is 0.296 e. The molecule has 270 valence electrons. The van der Waals surface area contributed by atoms with Crippen LogP contribution in [0.2, 0.25) is 0 Å². The summed E-state index contributed by atoms with van der Waals surface area (Å²) in [5, 5.41) is 4.37. The summed E-state index contributed by atoms with van der Waals surface area (Å²) in [5.41, 5.74) is 9.81. The van der Waals surface area contributed by atoms with E-state index >= 15 is 0 Å². The molecule has 1 saturated carbocycles. The lowest BCUT2D eigenvalue weighted by molar-refractivity contribution is -0.129. The molecule has 1 fully saturated rings. The fourth-order valence-electron chi connectivity index (χ4n) is 5.81. The van der Waals surface area contributed by atoms with E-state index in [1.165, 1.54) is 0 Å². The predicted octanol–water partition coefficient (Wildman–Crippen LogP) is 6.24. The Balaban J connectivity index is 0.000000179. The van der Waals surface area contributed by atoms with Crippen LogP contribution < -0.4 is 16.0 Å². The molecule has 1 aliphatic carbocycles. The minimum absolute atomic E-state index is 0.0884. The van der Waals surface area contributed by atoms with E-state index in [0.29, 0.717) is 24.1 Å². The summed E-state index contributed by atoms with van der Waals surface area (Å²) in [6.45, 7) is 3.59. The third-order valence-corrected chi connectivity index (χ3v) is 9.26. The summed E-state index contributed by atoms with van der Waals surface area (Å²) < 4.78 is 1.76. The molecule has 3 heterocycles. The van der Waals surface area contributed by atoms with Crippen molar-refractivity contribution in [1.29, 1.82) is 0 Å². The van der Waals surface area contributed by atoms with Gasteiger partial charge in [-0.25, -0.2) is 4.98 Å². The van der Waals surface area contributed by atoms with Gasteiger partial charge in [-0.2, -0.15) is 0 Å². The van der Waals surface area contributed by atoms with Gasteiger partial charge in [0.05, 0.1) is 40.0 Å². The minimum Gasteiger partial charge on any atom is -0.330 e. The van der Waals surface area contributed by atoms with Gasteiger partial charge in [-0.1, -0.05) is 37.9 Å². The Kier molecular flexibility index (Phi) is 14.5. The second kappa shape index (κ2) is 18.6. The lowest BCUT2D eigenvalue weighted by Crippen LogP contribution is -2.30. The Morgan fingerprint density at radius 2 is 1.47 bits per heavy atom. The van der Waals surface area contributed by atoms with Gasteiger partial charge in [0.25, 0.3) is 17.6 Å². The standard InChI is InChI=1S/C19H18BrN3O.C8H4BrNO2.C6H8O2.C5H14N2/c1-22(2)9-4-10-23-16-6-3-5-15-18(16)17(19(23)24)13-11-12(20)7-8-14(13)21-15;9-4-1-2-6-5(3-4)7(11)8(12)10-6;7-5-2-1-3-6(8)4-5;1-7(2)5-3-4-6/h3,5-8,11H,4,9-10H2,1-2H3;1-3H,(H,10,11,12);1-4H2;3-6H2,1-2H3. The Labute approximate surface area is 315 Å². The number of amides is 2. The highest BCUT2D eigenvalue weighted by atomic mass is 79.9. The zero-order chi connectivity index (χ0) is 37.2. The number of fused-ring (bicyclic) bond motifs is 3. The van der Waals surface area contributed by atoms with E-state index in [1.807, 2.05) is 41.3 Å². The Hall–Kier alpha value is -3.88. The number of anilines is 2. The fourth-order valence-corrected chi connectivity index (χ4v) is 6.53. The maximum absolute atomic E-state index is 13.1. The monoisotopic (exact) mass is 822 g/mol. The zero-order valence-corrected chi connectivity index (χ0v) is 32.6. The third kappa shape index (κ3) is 10.6. The number of carbonyl (C=O) groups excluding carboxylic acids is 5. The summed E-state index contributed by atoms with van der Waals surface area (Å²) in [4.78, 5) is 67.0. The van der Waals surface area contributed by atoms with E-state index in [4.69, 9.17) is 10.7 Å². The topological polar surface area (TPSA) is 146 Å². The number of rotatable bonds is 7. The molecule has 2 aliphatic heterocycles. The Morgan fingerprint density at radius 1 is 0.824 bits per heavy atom. The lowest BCUT2D eigenvalue weighted by atomic mass is 9.98.